The van der Waals surface area contributed by atoms with Gasteiger partial charge in [-0.15, -0.1) is 0 Å². The largest absolute Gasteiger partial charge is 0.344 e. The second-order valence-electron chi connectivity index (χ2n) is 6.82. The smallest absolute Gasteiger partial charge is 0.249 e. The van der Waals surface area contributed by atoms with Gasteiger partial charge in [-0.05, 0) is 43.5 Å². The van der Waals surface area contributed by atoms with E-state index in [4.69, 9.17) is 0 Å². The highest BCUT2D eigenvalue weighted by atomic mass is 16.2. The number of aryl methyl sites for hydroxylation is 2. The van der Waals surface area contributed by atoms with Gasteiger partial charge in [0.25, 0.3) is 0 Å². The Kier molecular flexibility index (Phi) is 4.08. The second kappa shape index (κ2) is 5.51. The average molecular weight is 288 g/mol. The maximum atomic E-state index is 12.5. The zero-order valence-electron chi connectivity index (χ0n) is 13.5. The summed E-state index contributed by atoms with van der Waals surface area (Å²) in [4.78, 5) is 26.3. The van der Waals surface area contributed by atoms with E-state index in [0.717, 1.165) is 5.69 Å². The first-order chi connectivity index (χ1) is 9.70. The van der Waals surface area contributed by atoms with Gasteiger partial charge in [-0.1, -0.05) is 26.8 Å². The molecule has 1 heterocycles. The third-order valence-corrected chi connectivity index (χ3v) is 3.99. The molecule has 1 aliphatic heterocycles. The lowest BCUT2D eigenvalue weighted by atomic mass is 9.95. The molecule has 2 amide bonds. The Morgan fingerprint density at radius 3 is 2.48 bits per heavy atom. The molecule has 1 N–H and O–H groups in total. The topological polar surface area (TPSA) is 49.4 Å². The Bertz CT molecular complexity index is 573. The van der Waals surface area contributed by atoms with Gasteiger partial charge in [0.05, 0.1) is 0 Å². The van der Waals surface area contributed by atoms with E-state index in [9.17, 15) is 9.59 Å². The molecule has 1 atom stereocenters. The standard InChI is InChI=1S/C17H24N2O2/c1-11-6-7-13(10-12(11)2)19-9-8-14(15(19)20)18-16(21)17(3,4)5/h6-7,10,14H,8-9H2,1-5H3,(H,18,21)/t14-/m0/s1. The Morgan fingerprint density at radius 2 is 1.90 bits per heavy atom. The lowest BCUT2D eigenvalue weighted by Crippen LogP contribution is -2.45. The van der Waals surface area contributed by atoms with E-state index >= 15 is 0 Å². The van der Waals surface area contributed by atoms with Crippen molar-refractivity contribution in [3.63, 3.8) is 0 Å². The number of anilines is 1. The van der Waals surface area contributed by atoms with E-state index < -0.39 is 11.5 Å². The summed E-state index contributed by atoms with van der Waals surface area (Å²) >= 11 is 0. The van der Waals surface area contributed by atoms with Gasteiger partial charge in [-0.2, -0.15) is 0 Å². The molecule has 1 saturated heterocycles. The summed E-state index contributed by atoms with van der Waals surface area (Å²) in [6.07, 6.45) is 0.660. The number of carbonyl (C=O) groups is 2. The molecule has 0 radical (unpaired) electrons. The summed E-state index contributed by atoms with van der Waals surface area (Å²) in [6, 6.07) is 5.62. The van der Waals surface area contributed by atoms with Crippen molar-refractivity contribution < 1.29 is 9.59 Å². The van der Waals surface area contributed by atoms with Crippen molar-refractivity contribution in [3.05, 3.63) is 29.3 Å². The van der Waals surface area contributed by atoms with Crippen LogP contribution in [0.2, 0.25) is 0 Å². The average Bonchev–Trinajstić information content (AvgIpc) is 2.73. The molecule has 0 bridgehead atoms. The summed E-state index contributed by atoms with van der Waals surface area (Å²) in [7, 11) is 0. The predicted molar refractivity (Wildman–Crippen MR) is 84.3 cm³/mol. The van der Waals surface area contributed by atoms with Crippen LogP contribution >= 0.6 is 0 Å². The van der Waals surface area contributed by atoms with Crippen LogP contribution in [0, 0.1) is 19.3 Å². The molecule has 1 aliphatic rings. The van der Waals surface area contributed by atoms with Crippen LogP contribution in [-0.2, 0) is 9.59 Å². The highest BCUT2D eigenvalue weighted by Gasteiger charge is 2.35. The maximum absolute atomic E-state index is 12.5. The number of nitrogens with zero attached hydrogens (tertiary/aromatic N) is 1. The Morgan fingerprint density at radius 1 is 1.24 bits per heavy atom. The lowest BCUT2D eigenvalue weighted by molar-refractivity contribution is -0.131. The summed E-state index contributed by atoms with van der Waals surface area (Å²) in [5, 5.41) is 2.86. The van der Waals surface area contributed by atoms with Crippen LogP contribution in [0.3, 0.4) is 0 Å². The number of rotatable bonds is 2. The van der Waals surface area contributed by atoms with Gasteiger partial charge >= 0.3 is 0 Å². The molecule has 0 aromatic heterocycles. The molecule has 0 unspecified atom stereocenters. The molecule has 1 aromatic rings. The minimum absolute atomic E-state index is 0.0177. The minimum Gasteiger partial charge on any atom is -0.344 e. The molecule has 0 aliphatic carbocycles. The first-order valence-corrected chi connectivity index (χ1v) is 7.40. The Labute approximate surface area is 126 Å². The fourth-order valence-electron chi connectivity index (χ4n) is 2.34. The predicted octanol–water partition coefficient (Wildman–Crippen LogP) is 2.57. The normalized spacial score (nSPS) is 19.0. The van der Waals surface area contributed by atoms with E-state index in [0.29, 0.717) is 13.0 Å². The summed E-state index contributed by atoms with van der Waals surface area (Å²) in [5.41, 5.74) is 2.81. The van der Waals surface area contributed by atoms with E-state index in [1.807, 2.05) is 45.9 Å². The number of amides is 2. The van der Waals surface area contributed by atoms with Crippen LogP contribution in [0.1, 0.15) is 38.3 Å². The number of benzene rings is 1. The van der Waals surface area contributed by atoms with Crippen LogP contribution < -0.4 is 10.2 Å². The minimum atomic E-state index is -0.478. The molecule has 1 aromatic carbocycles. The third-order valence-electron chi connectivity index (χ3n) is 3.99. The van der Waals surface area contributed by atoms with Crippen molar-refractivity contribution in [2.45, 2.75) is 47.1 Å². The lowest BCUT2D eigenvalue weighted by Gasteiger charge is -2.22. The van der Waals surface area contributed by atoms with Crippen molar-refractivity contribution in [1.29, 1.82) is 0 Å². The molecule has 21 heavy (non-hydrogen) atoms. The molecule has 2 rings (SSSR count). The fourth-order valence-corrected chi connectivity index (χ4v) is 2.34. The van der Waals surface area contributed by atoms with Gasteiger partial charge in [0.1, 0.15) is 6.04 Å². The molecule has 114 valence electrons. The highest BCUT2D eigenvalue weighted by molar-refractivity contribution is 6.01. The van der Waals surface area contributed by atoms with Crippen LogP contribution in [0.4, 0.5) is 5.69 Å². The van der Waals surface area contributed by atoms with Gasteiger partial charge in [0, 0.05) is 17.6 Å². The van der Waals surface area contributed by atoms with Gasteiger partial charge in [0.15, 0.2) is 0 Å². The van der Waals surface area contributed by atoms with Crippen molar-refractivity contribution >= 4 is 17.5 Å². The molecule has 4 heteroatoms. The van der Waals surface area contributed by atoms with E-state index in [2.05, 4.69) is 12.2 Å². The SMILES string of the molecule is Cc1ccc(N2CC[C@H](NC(=O)C(C)(C)C)C2=O)cc1C. The molecule has 1 fully saturated rings. The quantitative estimate of drug-likeness (QED) is 0.909. The van der Waals surface area contributed by atoms with Crippen LogP contribution in [-0.4, -0.2) is 24.4 Å². The van der Waals surface area contributed by atoms with Crippen LogP contribution in [0.5, 0.6) is 0 Å². The molecule has 0 spiro atoms. The van der Waals surface area contributed by atoms with Crippen LogP contribution in [0.25, 0.3) is 0 Å². The molecular weight excluding hydrogens is 264 g/mol. The van der Waals surface area contributed by atoms with Crippen molar-refractivity contribution in [2.24, 2.45) is 5.41 Å². The van der Waals surface area contributed by atoms with Gasteiger partial charge < -0.3 is 10.2 Å². The number of carbonyl (C=O) groups excluding carboxylic acids is 2. The van der Waals surface area contributed by atoms with E-state index in [1.165, 1.54) is 11.1 Å². The zero-order valence-corrected chi connectivity index (χ0v) is 13.5. The number of hydrogen-bond donors (Lipinski definition) is 1. The van der Waals surface area contributed by atoms with Crippen LogP contribution in [0.15, 0.2) is 18.2 Å². The first kappa shape index (κ1) is 15.5. The molecular formula is C17H24N2O2. The summed E-state index contributed by atoms with van der Waals surface area (Å²) in [5.74, 6) is -0.0985. The molecule has 0 saturated carbocycles. The van der Waals surface area contributed by atoms with Crippen molar-refractivity contribution in [2.75, 3.05) is 11.4 Å². The highest BCUT2D eigenvalue weighted by Crippen LogP contribution is 2.24. The van der Waals surface area contributed by atoms with Gasteiger partial charge in [-0.25, -0.2) is 0 Å². The van der Waals surface area contributed by atoms with E-state index in [1.54, 1.807) is 4.90 Å². The molecule has 4 nitrogen and oxygen atoms in total. The second-order valence-corrected chi connectivity index (χ2v) is 6.82. The third kappa shape index (κ3) is 3.26. The summed E-state index contributed by atoms with van der Waals surface area (Å²) in [6.45, 7) is 10.3. The zero-order chi connectivity index (χ0) is 15.8. The number of hydrogen-bond acceptors (Lipinski definition) is 2. The Balaban J connectivity index is 2.11. The number of nitrogens with one attached hydrogen (secondary N) is 1. The van der Waals surface area contributed by atoms with Crippen molar-refractivity contribution in [3.8, 4) is 0 Å². The van der Waals surface area contributed by atoms with E-state index in [-0.39, 0.29) is 11.8 Å². The fraction of sp³-hybridized carbons (Fsp3) is 0.529. The maximum Gasteiger partial charge on any atom is 0.249 e. The van der Waals surface area contributed by atoms with Crippen molar-refractivity contribution in [1.82, 2.24) is 5.32 Å². The van der Waals surface area contributed by atoms with Gasteiger partial charge in [0.2, 0.25) is 11.8 Å². The Hall–Kier alpha value is -1.84. The summed E-state index contributed by atoms with van der Waals surface area (Å²) < 4.78 is 0. The van der Waals surface area contributed by atoms with Gasteiger partial charge in [-0.3, -0.25) is 9.59 Å². The monoisotopic (exact) mass is 288 g/mol. The first-order valence-electron chi connectivity index (χ1n) is 7.40.